The largest absolute Gasteiger partial charge is 0.383 e. The lowest BCUT2D eigenvalue weighted by atomic mass is 10.1. The van der Waals surface area contributed by atoms with Crippen molar-refractivity contribution in [1.29, 1.82) is 0 Å². The van der Waals surface area contributed by atoms with Crippen LogP contribution in [0.4, 0.5) is 5.82 Å². The summed E-state index contributed by atoms with van der Waals surface area (Å²) < 4.78 is 2.90. The van der Waals surface area contributed by atoms with Crippen LogP contribution in [0.25, 0.3) is 11.3 Å². The molecule has 0 fully saturated rings. The standard InChI is InChI=1S/C12H15BrN4/c1-3-4-17-11(10(13)7-16-17)9-5-8(2)6-15-12(9)14/h5-7H,3-4H2,1-2H3,(H2,14,15). The van der Waals surface area contributed by atoms with E-state index in [2.05, 4.69) is 32.9 Å². The molecule has 0 amide bonds. The van der Waals surface area contributed by atoms with Crippen LogP contribution in [-0.2, 0) is 6.54 Å². The average Bonchev–Trinajstić information content (AvgIpc) is 2.64. The number of rotatable bonds is 3. The highest BCUT2D eigenvalue weighted by Gasteiger charge is 2.14. The zero-order valence-electron chi connectivity index (χ0n) is 9.94. The summed E-state index contributed by atoms with van der Waals surface area (Å²) in [6.07, 6.45) is 4.60. The second-order valence-electron chi connectivity index (χ2n) is 4.01. The van der Waals surface area contributed by atoms with Crippen molar-refractivity contribution >= 4 is 21.7 Å². The van der Waals surface area contributed by atoms with Gasteiger partial charge in [0.25, 0.3) is 0 Å². The van der Waals surface area contributed by atoms with Gasteiger partial charge >= 0.3 is 0 Å². The fourth-order valence-electron chi connectivity index (χ4n) is 1.78. The van der Waals surface area contributed by atoms with Crippen LogP contribution in [0.15, 0.2) is 22.9 Å². The van der Waals surface area contributed by atoms with Crippen LogP contribution in [0, 0.1) is 6.92 Å². The molecule has 2 heterocycles. The highest BCUT2D eigenvalue weighted by atomic mass is 79.9. The lowest BCUT2D eigenvalue weighted by molar-refractivity contribution is 0.609. The predicted octanol–water partition coefficient (Wildman–Crippen LogP) is 3.01. The minimum atomic E-state index is 0.536. The minimum Gasteiger partial charge on any atom is -0.383 e. The molecule has 17 heavy (non-hydrogen) atoms. The summed E-state index contributed by atoms with van der Waals surface area (Å²) in [7, 11) is 0. The Morgan fingerprint density at radius 3 is 2.88 bits per heavy atom. The molecule has 2 aromatic heterocycles. The number of aromatic nitrogens is 3. The molecule has 0 unspecified atom stereocenters. The summed E-state index contributed by atoms with van der Waals surface area (Å²) in [5.74, 6) is 0.536. The Bertz CT molecular complexity index is 533. The molecular weight excluding hydrogens is 280 g/mol. The third-order valence-corrected chi connectivity index (χ3v) is 3.12. The first-order valence-corrected chi connectivity index (χ1v) is 6.36. The molecule has 0 aromatic carbocycles. The minimum absolute atomic E-state index is 0.536. The molecule has 90 valence electrons. The zero-order chi connectivity index (χ0) is 12.4. The second kappa shape index (κ2) is 4.87. The van der Waals surface area contributed by atoms with Crippen LogP contribution in [0.2, 0.25) is 0 Å². The number of anilines is 1. The van der Waals surface area contributed by atoms with Crippen molar-refractivity contribution < 1.29 is 0 Å². The molecule has 0 aliphatic rings. The number of aryl methyl sites for hydroxylation is 2. The van der Waals surface area contributed by atoms with Gasteiger partial charge in [-0.25, -0.2) is 4.98 Å². The van der Waals surface area contributed by atoms with Crippen LogP contribution >= 0.6 is 15.9 Å². The number of pyridine rings is 1. The first-order valence-electron chi connectivity index (χ1n) is 5.57. The van der Waals surface area contributed by atoms with Crippen molar-refractivity contribution in [2.24, 2.45) is 0 Å². The molecule has 0 atom stereocenters. The van der Waals surface area contributed by atoms with Gasteiger partial charge in [0.05, 0.1) is 16.4 Å². The Morgan fingerprint density at radius 1 is 1.41 bits per heavy atom. The van der Waals surface area contributed by atoms with Crippen LogP contribution < -0.4 is 5.73 Å². The van der Waals surface area contributed by atoms with E-state index in [1.165, 1.54) is 0 Å². The van der Waals surface area contributed by atoms with E-state index in [1.807, 2.05) is 17.7 Å². The second-order valence-corrected chi connectivity index (χ2v) is 4.86. The Balaban J connectivity index is 2.58. The fourth-order valence-corrected chi connectivity index (χ4v) is 2.29. The van der Waals surface area contributed by atoms with Crippen LogP contribution in [0.5, 0.6) is 0 Å². The van der Waals surface area contributed by atoms with Crippen molar-refractivity contribution in [3.8, 4) is 11.3 Å². The Labute approximate surface area is 109 Å². The number of hydrogen-bond acceptors (Lipinski definition) is 3. The number of nitrogens with zero attached hydrogens (tertiary/aromatic N) is 3. The number of nitrogen functional groups attached to an aromatic ring is 1. The van der Waals surface area contributed by atoms with Gasteiger partial charge in [-0.3, -0.25) is 4.68 Å². The van der Waals surface area contributed by atoms with E-state index >= 15 is 0 Å². The van der Waals surface area contributed by atoms with Gasteiger partial charge in [-0.1, -0.05) is 6.92 Å². The van der Waals surface area contributed by atoms with Gasteiger partial charge in [0.2, 0.25) is 0 Å². The molecule has 4 nitrogen and oxygen atoms in total. The third-order valence-electron chi connectivity index (χ3n) is 2.54. The molecule has 2 aromatic rings. The molecule has 2 N–H and O–H groups in total. The highest BCUT2D eigenvalue weighted by molar-refractivity contribution is 9.10. The summed E-state index contributed by atoms with van der Waals surface area (Å²) >= 11 is 3.52. The molecule has 2 rings (SSSR count). The first-order chi connectivity index (χ1) is 8.13. The summed E-state index contributed by atoms with van der Waals surface area (Å²) in [5, 5.41) is 4.34. The van der Waals surface area contributed by atoms with Crippen molar-refractivity contribution in [2.45, 2.75) is 26.8 Å². The predicted molar refractivity (Wildman–Crippen MR) is 72.6 cm³/mol. The van der Waals surface area contributed by atoms with Crippen molar-refractivity contribution in [2.75, 3.05) is 5.73 Å². The number of hydrogen-bond donors (Lipinski definition) is 1. The molecule has 0 radical (unpaired) electrons. The van der Waals surface area contributed by atoms with Gasteiger partial charge in [-0.05, 0) is 40.9 Å². The fraction of sp³-hybridized carbons (Fsp3) is 0.333. The summed E-state index contributed by atoms with van der Waals surface area (Å²) in [6.45, 7) is 5.00. The van der Waals surface area contributed by atoms with E-state index in [1.54, 1.807) is 12.4 Å². The third kappa shape index (κ3) is 2.34. The molecule has 0 saturated heterocycles. The van der Waals surface area contributed by atoms with Gasteiger partial charge in [0.15, 0.2) is 0 Å². The summed E-state index contributed by atoms with van der Waals surface area (Å²) in [5.41, 5.74) is 8.96. The van der Waals surface area contributed by atoms with Crippen molar-refractivity contribution in [3.63, 3.8) is 0 Å². The van der Waals surface area contributed by atoms with Crippen molar-refractivity contribution in [1.82, 2.24) is 14.8 Å². The van der Waals surface area contributed by atoms with E-state index in [0.29, 0.717) is 5.82 Å². The molecule has 5 heteroatoms. The first kappa shape index (κ1) is 12.1. The topological polar surface area (TPSA) is 56.7 Å². The van der Waals surface area contributed by atoms with Gasteiger partial charge in [-0.15, -0.1) is 0 Å². The molecule has 0 bridgehead atoms. The van der Waals surface area contributed by atoms with Gasteiger partial charge < -0.3 is 5.73 Å². The van der Waals surface area contributed by atoms with E-state index in [4.69, 9.17) is 5.73 Å². The molecular formula is C12H15BrN4. The number of nitrogens with two attached hydrogens (primary N) is 1. The molecule has 0 aliphatic heterocycles. The molecule has 0 spiro atoms. The molecule has 0 saturated carbocycles. The van der Waals surface area contributed by atoms with Crippen LogP contribution in [0.1, 0.15) is 18.9 Å². The molecule has 0 aliphatic carbocycles. The maximum atomic E-state index is 5.94. The van der Waals surface area contributed by atoms with E-state index < -0.39 is 0 Å². The zero-order valence-corrected chi connectivity index (χ0v) is 11.5. The van der Waals surface area contributed by atoms with Crippen LogP contribution in [0.3, 0.4) is 0 Å². The smallest absolute Gasteiger partial charge is 0.132 e. The summed E-state index contributed by atoms with van der Waals surface area (Å²) in [4.78, 5) is 4.19. The lowest BCUT2D eigenvalue weighted by Crippen LogP contribution is -2.04. The SMILES string of the molecule is CCCn1ncc(Br)c1-c1cc(C)cnc1N. The Morgan fingerprint density at radius 2 is 2.18 bits per heavy atom. The maximum absolute atomic E-state index is 5.94. The monoisotopic (exact) mass is 294 g/mol. The average molecular weight is 295 g/mol. The van der Waals surface area contributed by atoms with Crippen LogP contribution in [-0.4, -0.2) is 14.8 Å². The van der Waals surface area contributed by atoms with E-state index in [9.17, 15) is 0 Å². The quantitative estimate of drug-likeness (QED) is 0.947. The van der Waals surface area contributed by atoms with E-state index in [0.717, 1.165) is 34.3 Å². The number of halogens is 1. The maximum Gasteiger partial charge on any atom is 0.132 e. The summed E-state index contributed by atoms with van der Waals surface area (Å²) in [6, 6.07) is 2.04. The Kier molecular flexibility index (Phi) is 3.47. The highest BCUT2D eigenvalue weighted by Crippen LogP contribution is 2.31. The lowest BCUT2D eigenvalue weighted by Gasteiger charge is -2.09. The van der Waals surface area contributed by atoms with Crippen molar-refractivity contribution in [3.05, 3.63) is 28.5 Å². The van der Waals surface area contributed by atoms with Gasteiger partial charge in [-0.2, -0.15) is 5.10 Å². The van der Waals surface area contributed by atoms with Gasteiger partial charge in [0.1, 0.15) is 5.82 Å². The van der Waals surface area contributed by atoms with E-state index in [-0.39, 0.29) is 0 Å². The normalized spacial score (nSPS) is 10.8. The Hall–Kier alpha value is -1.36. The van der Waals surface area contributed by atoms with Gasteiger partial charge in [0, 0.05) is 18.3 Å².